The van der Waals surface area contributed by atoms with Gasteiger partial charge in [-0.25, -0.2) is 0 Å². The first-order chi connectivity index (χ1) is 4.81. The third-order valence-corrected chi connectivity index (χ3v) is 2.69. The van der Waals surface area contributed by atoms with Crippen molar-refractivity contribution < 1.29 is 5.11 Å². The average Bonchev–Trinajstić information content (AvgIpc) is 2.44. The van der Waals surface area contributed by atoms with Crippen LogP contribution < -0.4 is 0 Å². The molecule has 0 heterocycles. The van der Waals surface area contributed by atoms with Gasteiger partial charge in [-0.05, 0) is 30.3 Å². The van der Waals surface area contributed by atoms with Gasteiger partial charge in [0.25, 0.3) is 0 Å². The molecule has 2 bridgehead atoms. The van der Waals surface area contributed by atoms with Crippen LogP contribution in [0.25, 0.3) is 0 Å². The minimum Gasteiger partial charge on any atom is -0.392 e. The highest BCUT2D eigenvalue weighted by Crippen LogP contribution is 2.45. The average molecular weight is 136 g/mol. The number of hydrogen-bond donors (Lipinski definition) is 1. The van der Waals surface area contributed by atoms with Gasteiger partial charge in [-0.3, -0.25) is 0 Å². The Bertz CT molecular complexity index is 203. The van der Waals surface area contributed by atoms with E-state index in [2.05, 4.69) is 12.7 Å². The largest absolute Gasteiger partial charge is 0.392 e. The lowest BCUT2D eigenvalue weighted by Gasteiger charge is -2.11. The summed E-state index contributed by atoms with van der Waals surface area (Å²) in [6.07, 6.45) is 4.53. The van der Waals surface area contributed by atoms with Crippen molar-refractivity contribution in [1.29, 1.82) is 0 Å². The maximum absolute atomic E-state index is 8.88. The van der Waals surface area contributed by atoms with Crippen molar-refractivity contribution >= 4 is 0 Å². The Labute approximate surface area is 61.1 Å². The number of rotatable bonds is 1. The third-order valence-electron chi connectivity index (χ3n) is 2.69. The number of aliphatic hydroxyl groups is 1. The van der Waals surface area contributed by atoms with Crippen molar-refractivity contribution in [1.82, 2.24) is 0 Å². The van der Waals surface area contributed by atoms with Crippen molar-refractivity contribution in [2.75, 3.05) is 6.61 Å². The van der Waals surface area contributed by atoms with Crippen LogP contribution in [0.3, 0.4) is 0 Å². The molecule has 1 saturated carbocycles. The molecule has 0 amide bonds. The van der Waals surface area contributed by atoms with Gasteiger partial charge in [0.15, 0.2) is 0 Å². The van der Waals surface area contributed by atoms with Gasteiger partial charge in [-0.1, -0.05) is 18.2 Å². The van der Waals surface area contributed by atoms with Crippen molar-refractivity contribution in [3.63, 3.8) is 0 Å². The molecule has 1 heteroatoms. The van der Waals surface area contributed by atoms with Crippen LogP contribution in [0.4, 0.5) is 0 Å². The van der Waals surface area contributed by atoms with Crippen LogP contribution >= 0.6 is 0 Å². The van der Waals surface area contributed by atoms with E-state index in [1.54, 1.807) is 0 Å². The smallest absolute Gasteiger partial charge is 0.0644 e. The van der Waals surface area contributed by atoms with E-state index in [0.29, 0.717) is 11.8 Å². The van der Waals surface area contributed by atoms with E-state index in [4.69, 9.17) is 5.11 Å². The first kappa shape index (κ1) is 6.17. The second kappa shape index (κ2) is 1.96. The Morgan fingerprint density at radius 1 is 1.70 bits per heavy atom. The van der Waals surface area contributed by atoms with E-state index in [9.17, 15) is 0 Å². The molecule has 0 aliphatic heterocycles. The molecule has 2 atom stereocenters. The number of aliphatic hydroxyl groups excluding tert-OH is 1. The highest BCUT2D eigenvalue weighted by atomic mass is 16.3. The lowest BCUT2D eigenvalue weighted by atomic mass is 9.96. The fraction of sp³-hybridized carbons (Fsp3) is 0.556. The molecule has 1 nitrogen and oxygen atoms in total. The summed E-state index contributed by atoms with van der Waals surface area (Å²) in [7, 11) is 0. The van der Waals surface area contributed by atoms with E-state index in [0.717, 1.165) is 6.42 Å². The zero-order chi connectivity index (χ0) is 7.14. The molecule has 0 aromatic carbocycles. The van der Waals surface area contributed by atoms with Gasteiger partial charge in [0.2, 0.25) is 0 Å². The van der Waals surface area contributed by atoms with Crippen molar-refractivity contribution in [2.45, 2.75) is 12.8 Å². The van der Waals surface area contributed by atoms with Crippen molar-refractivity contribution in [3.8, 4) is 0 Å². The monoisotopic (exact) mass is 136 g/mol. The molecule has 0 saturated heterocycles. The molecule has 0 radical (unpaired) electrons. The number of fused-ring (bicyclic) bond motifs is 2. The van der Waals surface area contributed by atoms with E-state index in [-0.39, 0.29) is 6.61 Å². The van der Waals surface area contributed by atoms with Crippen LogP contribution in [0, 0.1) is 11.8 Å². The predicted octanol–water partition coefficient (Wildman–Crippen LogP) is 1.50. The Balaban J connectivity index is 2.25. The molecule has 2 rings (SSSR count). The molecule has 1 N–H and O–H groups in total. The molecule has 0 aromatic rings. The summed E-state index contributed by atoms with van der Waals surface area (Å²) in [5.74, 6) is 1.25. The fourth-order valence-electron chi connectivity index (χ4n) is 2.07. The first-order valence-corrected chi connectivity index (χ1v) is 3.80. The summed E-state index contributed by atoms with van der Waals surface area (Å²) >= 11 is 0. The fourth-order valence-corrected chi connectivity index (χ4v) is 2.07. The number of hydrogen-bond acceptors (Lipinski definition) is 1. The Hall–Kier alpha value is -0.560. The van der Waals surface area contributed by atoms with Gasteiger partial charge >= 0.3 is 0 Å². The molecule has 54 valence electrons. The van der Waals surface area contributed by atoms with Crippen molar-refractivity contribution in [3.05, 3.63) is 23.8 Å². The molecule has 0 aromatic heterocycles. The predicted molar refractivity (Wildman–Crippen MR) is 40.5 cm³/mol. The van der Waals surface area contributed by atoms with Crippen LogP contribution in [-0.2, 0) is 0 Å². The zero-order valence-electron chi connectivity index (χ0n) is 6.01. The summed E-state index contributed by atoms with van der Waals surface area (Å²) in [6.45, 7) is 4.24. The summed E-state index contributed by atoms with van der Waals surface area (Å²) in [5, 5.41) is 8.88. The van der Waals surface area contributed by atoms with E-state index in [1.165, 1.54) is 17.6 Å². The Kier molecular flexibility index (Phi) is 1.21. The molecule has 2 aliphatic rings. The standard InChI is InChI=1S/C9H12O/c1-6-2-8-3-7(6)4-9(8)5-10/h4,7-8,10H,1-3,5H2. The minimum absolute atomic E-state index is 0.258. The first-order valence-electron chi connectivity index (χ1n) is 3.80. The second-order valence-electron chi connectivity index (χ2n) is 3.30. The summed E-state index contributed by atoms with van der Waals surface area (Å²) < 4.78 is 0. The summed E-state index contributed by atoms with van der Waals surface area (Å²) in [4.78, 5) is 0. The highest BCUT2D eigenvalue weighted by molar-refractivity contribution is 5.31. The number of allylic oxidation sites excluding steroid dienone is 2. The molecular weight excluding hydrogens is 124 g/mol. The zero-order valence-corrected chi connectivity index (χ0v) is 6.01. The normalized spacial score (nSPS) is 36.9. The SMILES string of the molecule is C=C1CC2CC1C=C2CO. The third kappa shape index (κ3) is 0.671. The summed E-state index contributed by atoms with van der Waals surface area (Å²) in [6, 6.07) is 0. The maximum Gasteiger partial charge on any atom is 0.0644 e. The van der Waals surface area contributed by atoms with Crippen LogP contribution in [0.1, 0.15) is 12.8 Å². The minimum atomic E-state index is 0.258. The second-order valence-corrected chi connectivity index (χ2v) is 3.30. The van der Waals surface area contributed by atoms with Gasteiger partial charge in [-0.15, -0.1) is 0 Å². The maximum atomic E-state index is 8.88. The van der Waals surface area contributed by atoms with Gasteiger partial charge in [-0.2, -0.15) is 0 Å². The molecule has 10 heavy (non-hydrogen) atoms. The van der Waals surface area contributed by atoms with E-state index >= 15 is 0 Å². The van der Waals surface area contributed by atoms with Gasteiger partial charge in [0, 0.05) is 0 Å². The highest BCUT2D eigenvalue weighted by Gasteiger charge is 2.34. The molecule has 2 aliphatic carbocycles. The van der Waals surface area contributed by atoms with Gasteiger partial charge in [0.1, 0.15) is 0 Å². The lowest BCUT2D eigenvalue weighted by Crippen LogP contribution is -2.01. The molecule has 0 spiro atoms. The van der Waals surface area contributed by atoms with Crippen LogP contribution in [-0.4, -0.2) is 11.7 Å². The summed E-state index contributed by atoms with van der Waals surface area (Å²) in [5.41, 5.74) is 2.61. The van der Waals surface area contributed by atoms with Gasteiger partial charge < -0.3 is 5.11 Å². The quantitative estimate of drug-likeness (QED) is 0.542. The van der Waals surface area contributed by atoms with Gasteiger partial charge in [0.05, 0.1) is 6.61 Å². The molecule has 1 fully saturated rings. The van der Waals surface area contributed by atoms with Crippen LogP contribution in [0.15, 0.2) is 23.8 Å². The van der Waals surface area contributed by atoms with E-state index in [1.807, 2.05) is 0 Å². The van der Waals surface area contributed by atoms with Crippen LogP contribution in [0.2, 0.25) is 0 Å². The Morgan fingerprint density at radius 3 is 2.90 bits per heavy atom. The van der Waals surface area contributed by atoms with E-state index < -0.39 is 0 Å². The van der Waals surface area contributed by atoms with Crippen LogP contribution in [0.5, 0.6) is 0 Å². The lowest BCUT2D eigenvalue weighted by molar-refractivity contribution is 0.317. The van der Waals surface area contributed by atoms with Crippen molar-refractivity contribution in [2.24, 2.45) is 11.8 Å². The topological polar surface area (TPSA) is 20.2 Å². The Morgan fingerprint density at radius 2 is 2.50 bits per heavy atom. The molecule has 2 unspecified atom stereocenters. The molecular formula is C9H12O.